The summed E-state index contributed by atoms with van der Waals surface area (Å²) in [5, 5.41) is 2.86. The fraction of sp³-hybridized carbons (Fsp3) is 0.600. The van der Waals surface area contributed by atoms with E-state index >= 15 is 0 Å². The van der Waals surface area contributed by atoms with Gasteiger partial charge >= 0.3 is 0 Å². The molecule has 2 amide bonds. The van der Waals surface area contributed by atoms with Crippen LogP contribution in [0, 0.1) is 6.92 Å². The van der Waals surface area contributed by atoms with Crippen LogP contribution in [0.1, 0.15) is 30.8 Å². The molecule has 0 saturated carbocycles. The first-order chi connectivity index (χ1) is 10.1. The van der Waals surface area contributed by atoms with Crippen molar-refractivity contribution in [2.75, 3.05) is 20.3 Å². The minimum atomic E-state index is -0.398. The Balaban J connectivity index is 1.91. The number of furan rings is 1. The smallest absolute Gasteiger partial charge is 0.242 e. The lowest BCUT2D eigenvalue weighted by atomic mass is 10.2. The Morgan fingerprint density at radius 3 is 3.00 bits per heavy atom. The van der Waals surface area contributed by atoms with Gasteiger partial charge in [0.2, 0.25) is 11.8 Å². The lowest BCUT2D eigenvalue weighted by Crippen LogP contribution is -2.44. The van der Waals surface area contributed by atoms with E-state index in [9.17, 15) is 9.59 Å². The molecule has 0 radical (unpaired) electrons. The van der Waals surface area contributed by atoms with Crippen LogP contribution in [-0.2, 0) is 20.9 Å². The molecule has 21 heavy (non-hydrogen) atoms. The van der Waals surface area contributed by atoms with E-state index in [1.165, 1.54) is 0 Å². The molecule has 1 aromatic heterocycles. The quantitative estimate of drug-likeness (QED) is 0.768. The minimum Gasteiger partial charge on any atom is -0.464 e. The Hall–Kier alpha value is -1.82. The van der Waals surface area contributed by atoms with Crippen LogP contribution in [-0.4, -0.2) is 43.0 Å². The first kappa shape index (κ1) is 15.6. The highest BCUT2D eigenvalue weighted by molar-refractivity contribution is 5.90. The summed E-state index contributed by atoms with van der Waals surface area (Å²) < 4.78 is 10.4. The topological polar surface area (TPSA) is 71.8 Å². The molecule has 1 fully saturated rings. The summed E-state index contributed by atoms with van der Waals surface area (Å²) in [6.07, 6.45) is 1.74. The van der Waals surface area contributed by atoms with Gasteiger partial charge in [-0.3, -0.25) is 9.59 Å². The third-order valence-corrected chi connectivity index (χ3v) is 3.58. The molecule has 2 rings (SSSR count). The minimum absolute atomic E-state index is 0.00101. The fourth-order valence-corrected chi connectivity index (χ4v) is 2.49. The summed E-state index contributed by atoms with van der Waals surface area (Å²) >= 11 is 0. The number of amides is 2. The third-order valence-electron chi connectivity index (χ3n) is 3.58. The molecule has 1 aliphatic heterocycles. The zero-order valence-corrected chi connectivity index (χ0v) is 12.6. The molecule has 1 unspecified atom stereocenters. The van der Waals surface area contributed by atoms with Crippen molar-refractivity contribution in [1.29, 1.82) is 0 Å². The number of methoxy groups -OCH3 is 1. The van der Waals surface area contributed by atoms with Crippen molar-refractivity contribution >= 4 is 11.8 Å². The molecule has 1 aromatic rings. The summed E-state index contributed by atoms with van der Waals surface area (Å²) in [4.78, 5) is 25.7. The first-order valence-corrected chi connectivity index (χ1v) is 7.23. The molecule has 0 aliphatic carbocycles. The molecular formula is C15H22N2O4. The van der Waals surface area contributed by atoms with Crippen molar-refractivity contribution in [3.05, 3.63) is 23.7 Å². The van der Waals surface area contributed by atoms with E-state index in [-0.39, 0.29) is 11.8 Å². The van der Waals surface area contributed by atoms with E-state index in [0.717, 1.165) is 12.2 Å². The number of likely N-dealkylation sites (tertiary alicyclic amines) is 1. The van der Waals surface area contributed by atoms with E-state index in [2.05, 4.69) is 5.32 Å². The second kappa shape index (κ2) is 7.26. The Bertz CT molecular complexity index is 498. The highest BCUT2D eigenvalue weighted by Gasteiger charge is 2.36. The average Bonchev–Trinajstić information content (AvgIpc) is 3.02. The molecule has 1 atom stereocenters. The van der Waals surface area contributed by atoms with Gasteiger partial charge < -0.3 is 19.4 Å². The number of hydrogen-bond donors (Lipinski definition) is 1. The van der Waals surface area contributed by atoms with Gasteiger partial charge in [0.15, 0.2) is 0 Å². The SMILES string of the molecule is COCCCNC(=O)C1CCC(=O)N1Cc1ccc(C)o1. The number of hydrogen-bond acceptors (Lipinski definition) is 4. The van der Waals surface area contributed by atoms with Crippen molar-refractivity contribution in [1.82, 2.24) is 10.2 Å². The summed E-state index contributed by atoms with van der Waals surface area (Å²) in [6, 6.07) is 3.30. The number of carbonyl (C=O) groups excluding carboxylic acids is 2. The van der Waals surface area contributed by atoms with Gasteiger partial charge in [0, 0.05) is 26.7 Å². The Labute approximate surface area is 124 Å². The summed E-state index contributed by atoms with van der Waals surface area (Å²) in [7, 11) is 1.63. The number of nitrogens with one attached hydrogen (secondary N) is 1. The van der Waals surface area contributed by atoms with Gasteiger partial charge in [0.1, 0.15) is 17.6 Å². The van der Waals surface area contributed by atoms with Gasteiger partial charge in [-0.25, -0.2) is 0 Å². The van der Waals surface area contributed by atoms with Crippen molar-refractivity contribution < 1.29 is 18.7 Å². The average molecular weight is 294 g/mol. The van der Waals surface area contributed by atoms with Gasteiger partial charge in [-0.15, -0.1) is 0 Å². The zero-order valence-electron chi connectivity index (χ0n) is 12.6. The lowest BCUT2D eigenvalue weighted by molar-refractivity contribution is -0.136. The maximum atomic E-state index is 12.2. The van der Waals surface area contributed by atoms with Crippen LogP contribution in [0.3, 0.4) is 0 Å². The number of carbonyl (C=O) groups is 2. The fourth-order valence-electron chi connectivity index (χ4n) is 2.49. The van der Waals surface area contributed by atoms with Gasteiger partial charge in [0.25, 0.3) is 0 Å². The Morgan fingerprint density at radius 2 is 2.33 bits per heavy atom. The van der Waals surface area contributed by atoms with Crippen LogP contribution in [0.5, 0.6) is 0 Å². The monoisotopic (exact) mass is 294 g/mol. The summed E-state index contributed by atoms with van der Waals surface area (Å²) in [5.74, 6) is 1.42. The van der Waals surface area contributed by atoms with Gasteiger partial charge in [0.05, 0.1) is 6.54 Å². The van der Waals surface area contributed by atoms with Crippen LogP contribution in [0.15, 0.2) is 16.5 Å². The number of nitrogens with zero attached hydrogens (tertiary/aromatic N) is 1. The van der Waals surface area contributed by atoms with E-state index in [1.807, 2.05) is 19.1 Å². The molecule has 2 heterocycles. The molecule has 0 bridgehead atoms. The van der Waals surface area contributed by atoms with E-state index in [0.29, 0.717) is 38.3 Å². The van der Waals surface area contributed by atoms with Crippen molar-refractivity contribution in [3.8, 4) is 0 Å². The zero-order chi connectivity index (χ0) is 15.2. The van der Waals surface area contributed by atoms with Crippen molar-refractivity contribution in [2.24, 2.45) is 0 Å². The summed E-state index contributed by atoms with van der Waals surface area (Å²) in [5.41, 5.74) is 0. The normalized spacial score (nSPS) is 18.3. The molecule has 1 saturated heterocycles. The highest BCUT2D eigenvalue weighted by Crippen LogP contribution is 2.22. The largest absolute Gasteiger partial charge is 0.464 e. The van der Waals surface area contributed by atoms with E-state index < -0.39 is 6.04 Å². The first-order valence-electron chi connectivity index (χ1n) is 7.23. The predicted molar refractivity (Wildman–Crippen MR) is 76.5 cm³/mol. The number of rotatable bonds is 7. The summed E-state index contributed by atoms with van der Waals surface area (Å²) in [6.45, 7) is 3.38. The standard InChI is InChI=1S/C15H22N2O4/c1-11-4-5-12(21-11)10-17-13(6-7-14(17)18)15(19)16-8-3-9-20-2/h4-5,13H,3,6-10H2,1-2H3,(H,16,19). The van der Waals surface area contributed by atoms with Crippen molar-refractivity contribution in [3.63, 3.8) is 0 Å². The molecule has 1 N–H and O–H groups in total. The maximum Gasteiger partial charge on any atom is 0.242 e. The second-order valence-corrected chi connectivity index (χ2v) is 5.23. The number of ether oxygens (including phenoxy) is 1. The molecule has 0 spiro atoms. The van der Waals surface area contributed by atoms with Crippen LogP contribution in [0.4, 0.5) is 0 Å². The Kier molecular flexibility index (Phi) is 5.38. The molecular weight excluding hydrogens is 272 g/mol. The van der Waals surface area contributed by atoms with E-state index in [1.54, 1.807) is 12.0 Å². The van der Waals surface area contributed by atoms with Crippen LogP contribution in [0.25, 0.3) is 0 Å². The Morgan fingerprint density at radius 1 is 1.52 bits per heavy atom. The molecule has 6 heteroatoms. The maximum absolute atomic E-state index is 12.2. The van der Waals surface area contributed by atoms with Crippen LogP contribution >= 0.6 is 0 Å². The molecule has 116 valence electrons. The third kappa shape index (κ3) is 4.07. The lowest BCUT2D eigenvalue weighted by Gasteiger charge is -2.23. The van der Waals surface area contributed by atoms with Gasteiger partial charge in [-0.05, 0) is 31.9 Å². The van der Waals surface area contributed by atoms with Gasteiger partial charge in [-0.2, -0.15) is 0 Å². The number of aryl methyl sites for hydroxylation is 1. The van der Waals surface area contributed by atoms with Crippen LogP contribution < -0.4 is 5.32 Å². The van der Waals surface area contributed by atoms with Crippen LogP contribution in [0.2, 0.25) is 0 Å². The predicted octanol–water partition coefficient (Wildman–Crippen LogP) is 1.23. The second-order valence-electron chi connectivity index (χ2n) is 5.23. The highest BCUT2D eigenvalue weighted by atomic mass is 16.5. The van der Waals surface area contributed by atoms with E-state index in [4.69, 9.17) is 9.15 Å². The molecule has 1 aliphatic rings. The van der Waals surface area contributed by atoms with Gasteiger partial charge in [-0.1, -0.05) is 0 Å². The molecule has 0 aromatic carbocycles. The molecule has 6 nitrogen and oxygen atoms in total. The van der Waals surface area contributed by atoms with Crippen molar-refractivity contribution in [2.45, 2.75) is 38.8 Å².